The summed E-state index contributed by atoms with van der Waals surface area (Å²) in [4.78, 5) is 3.98. The number of rotatable bonds is 2. The second kappa shape index (κ2) is 3.71. The lowest BCUT2D eigenvalue weighted by molar-refractivity contribution is 0.783. The van der Waals surface area contributed by atoms with E-state index in [-0.39, 0.29) is 6.04 Å². The summed E-state index contributed by atoms with van der Waals surface area (Å²) in [6.45, 7) is 0. The van der Waals surface area contributed by atoms with Gasteiger partial charge >= 0.3 is 0 Å². The Morgan fingerprint density at radius 1 is 1.31 bits per heavy atom. The second-order valence-electron chi connectivity index (χ2n) is 3.43. The number of pyridine rings is 1. The van der Waals surface area contributed by atoms with Gasteiger partial charge in [-0.15, -0.1) is 0 Å². The van der Waals surface area contributed by atoms with E-state index >= 15 is 0 Å². The number of aromatic nitrogens is 1. The predicted octanol–water partition coefficient (Wildman–Crippen LogP) is 2.19. The lowest BCUT2D eigenvalue weighted by Gasteiger charge is -2.12. The zero-order valence-electron chi connectivity index (χ0n) is 7.61. The van der Waals surface area contributed by atoms with Crippen LogP contribution in [0.1, 0.15) is 30.9 Å². The van der Waals surface area contributed by atoms with Crippen LogP contribution >= 0.6 is 0 Å². The molecule has 0 saturated carbocycles. The molecule has 1 atom stereocenters. The SMILES string of the molecule is NC(C1=CCCC1)c1ccncc1. The molecule has 2 nitrogen and oxygen atoms in total. The largest absolute Gasteiger partial charge is 0.321 e. The molecule has 1 heterocycles. The molecule has 2 rings (SSSR count). The van der Waals surface area contributed by atoms with Crippen molar-refractivity contribution in [2.45, 2.75) is 25.3 Å². The summed E-state index contributed by atoms with van der Waals surface area (Å²) in [5.41, 5.74) is 8.65. The van der Waals surface area contributed by atoms with Crippen molar-refractivity contribution < 1.29 is 0 Å². The highest BCUT2D eigenvalue weighted by atomic mass is 14.7. The van der Waals surface area contributed by atoms with E-state index in [2.05, 4.69) is 11.1 Å². The maximum Gasteiger partial charge on any atom is 0.0512 e. The van der Waals surface area contributed by atoms with E-state index in [0.29, 0.717) is 0 Å². The van der Waals surface area contributed by atoms with Crippen LogP contribution in [0.3, 0.4) is 0 Å². The summed E-state index contributed by atoms with van der Waals surface area (Å²) in [6.07, 6.45) is 9.46. The number of allylic oxidation sites excluding steroid dienone is 1. The molecule has 1 aromatic heterocycles. The zero-order valence-corrected chi connectivity index (χ0v) is 7.61. The van der Waals surface area contributed by atoms with Crippen molar-refractivity contribution in [2.24, 2.45) is 5.73 Å². The van der Waals surface area contributed by atoms with Crippen molar-refractivity contribution in [2.75, 3.05) is 0 Å². The molecule has 13 heavy (non-hydrogen) atoms. The first-order chi connectivity index (χ1) is 6.38. The molecule has 2 N–H and O–H groups in total. The molecule has 1 unspecified atom stereocenters. The molecule has 0 radical (unpaired) electrons. The molecule has 0 fully saturated rings. The van der Waals surface area contributed by atoms with E-state index in [0.717, 1.165) is 6.42 Å². The van der Waals surface area contributed by atoms with E-state index in [1.807, 2.05) is 12.1 Å². The predicted molar refractivity (Wildman–Crippen MR) is 53.1 cm³/mol. The Hall–Kier alpha value is -1.15. The van der Waals surface area contributed by atoms with E-state index in [4.69, 9.17) is 5.73 Å². The molecule has 1 aliphatic carbocycles. The lowest BCUT2D eigenvalue weighted by Crippen LogP contribution is -2.11. The van der Waals surface area contributed by atoms with Gasteiger partial charge in [-0.1, -0.05) is 11.6 Å². The fraction of sp³-hybridized carbons (Fsp3) is 0.364. The third-order valence-electron chi connectivity index (χ3n) is 2.54. The van der Waals surface area contributed by atoms with Crippen LogP contribution in [0.5, 0.6) is 0 Å². The van der Waals surface area contributed by atoms with Gasteiger partial charge in [-0.2, -0.15) is 0 Å². The first-order valence-electron chi connectivity index (χ1n) is 4.72. The molecule has 0 amide bonds. The van der Waals surface area contributed by atoms with Gasteiger partial charge in [0.05, 0.1) is 6.04 Å². The van der Waals surface area contributed by atoms with Gasteiger partial charge in [0.25, 0.3) is 0 Å². The Morgan fingerprint density at radius 2 is 2.08 bits per heavy atom. The van der Waals surface area contributed by atoms with Gasteiger partial charge < -0.3 is 5.73 Å². The molecule has 1 aliphatic rings. The highest BCUT2D eigenvalue weighted by Gasteiger charge is 2.14. The van der Waals surface area contributed by atoms with Crippen LogP contribution in [0, 0.1) is 0 Å². The normalized spacial score (nSPS) is 18.4. The minimum absolute atomic E-state index is 0.0884. The Kier molecular flexibility index (Phi) is 2.41. The fourth-order valence-electron chi connectivity index (χ4n) is 1.76. The van der Waals surface area contributed by atoms with Gasteiger partial charge in [0, 0.05) is 12.4 Å². The van der Waals surface area contributed by atoms with Crippen LogP contribution in [-0.2, 0) is 0 Å². The topological polar surface area (TPSA) is 38.9 Å². The van der Waals surface area contributed by atoms with Gasteiger partial charge in [0.15, 0.2) is 0 Å². The van der Waals surface area contributed by atoms with Crippen LogP contribution in [0.25, 0.3) is 0 Å². The van der Waals surface area contributed by atoms with Crippen LogP contribution in [0.15, 0.2) is 36.2 Å². The van der Waals surface area contributed by atoms with Gasteiger partial charge in [0.2, 0.25) is 0 Å². The maximum absolute atomic E-state index is 6.10. The molecular formula is C11H14N2. The second-order valence-corrected chi connectivity index (χ2v) is 3.43. The van der Waals surface area contributed by atoms with E-state index in [9.17, 15) is 0 Å². The Balaban J connectivity index is 2.17. The Bertz CT molecular complexity index is 303. The summed E-state index contributed by atoms with van der Waals surface area (Å²) in [5.74, 6) is 0. The number of hydrogen-bond acceptors (Lipinski definition) is 2. The summed E-state index contributed by atoms with van der Waals surface area (Å²) < 4.78 is 0. The molecule has 0 spiro atoms. The van der Waals surface area contributed by atoms with Crippen molar-refractivity contribution in [1.29, 1.82) is 0 Å². The van der Waals surface area contributed by atoms with Crippen molar-refractivity contribution in [3.8, 4) is 0 Å². The van der Waals surface area contributed by atoms with Crippen LogP contribution < -0.4 is 5.73 Å². The molecule has 0 aliphatic heterocycles. The molecule has 2 heteroatoms. The standard InChI is InChI=1S/C11H14N2/c12-11(9-3-1-2-4-9)10-5-7-13-8-6-10/h3,5-8,11H,1-2,4,12H2. The average molecular weight is 174 g/mol. The molecule has 68 valence electrons. The first-order valence-corrected chi connectivity index (χ1v) is 4.72. The smallest absolute Gasteiger partial charge is 0.0512 e. The summed E-state index contributed by atoms with van der Waals surface area (Å²) >= 11 is 0. The Labute approximate surface area is 78.5 Å². The average Bonchev–Trinajstić information content (AvgIpc) is 2.71. The van der Waals surface area contributed by atoms with Crippen molar-refractivity contribution in [3.05, 3.63) is 41.7 Å². The third-order valence-corrected chi connectivity index (χ3v) is 2.54. The number of nitrogens with zero attached hydrogens (tertiary/aromatic N) is 1. The quantitative estimate of drug-likeness (QED) is 0.698. The first kappa shape index (κ1) is 8.45. The number of nitrogens with two attached hydrogens (primary N) is 1. The number of hydrogen-bond donors (Lipinski definition) is 1. The van der Waals surface area contributed by atoms with Crippen LogP contribution in [0.4, 0.5) is 0 Å². The fourth-order valence-corrected chi connectivity index (χ4v) is 1.76. The molecule has 0 saturated heterocycles. The molecular weight excluding hydrogens is 160 g/mol. The molecule has 1 aromatic rings. The van der Waals surface area contributed by atoms with E-state index in [1.165, 1.54) is 24.0 Å². The molecule has 0 bridgehead atoms. The summed E-state index contributed by atoms with van der Waals surface area (Å²) in [6, 6.07) is 4.07. The third kappa shape index (κ3) is 1.78. The van der Waals surface area contributed by atoms with Crippen molar-refractivity contribution in [3.63, 3.8) is 0 Å². The van der Waals surface area contributed by atoms with Gasteiger partial charge in [-0.25, -0.2) is 0 Å². The highest BCUT2D eigenvalue weighted by Crippen LogP contribution is 2.28. The summed E-state index contributed by atoms with van der Waals surface area (Å²) in [5, 5.41) is 0. The zero-order chi connectivity index (χ0) is 9.10. The van der Waals surface area contributed by atoms with Crippen molar-refractivity contribution in [1.82, 2.24) is 4.98 Å². The van der Waals surface area contributed by atoms with Crippen molar-refractivity contribution >= 4 is 0 Å². The van der Waals surface area contributed by atoms with Gasteiger partial charge in [0.1, 0.15) is 0 Å². The van der Waals surface area contributed by atoms with E-state index in [1.54, 1.807) is 12.4 Å². The Morgan fingerprint density at radius 3 is 2.69 bits per heavy atom. The molecule has 0 aromatic carbocycles. The van der Waals surface area contributed by atoms with Crippen LogP contribution in [-0.4, -0.2) is 4.98 Å². The van der Waals surface area contributed by atoms with Crippen LogP contribution in [0.2, 0.25) is 0 Å². The summed E-state index contributed by atoms with van der Waals surface area (Å²) in [7, 11) is 0. The highest BCUT2D eigenvalue weighted by molar-refractivity contribution is 5.27. The minimum atomic E-state index is 0.0884. The maximum atomic E-state index is 6.10. The lowest BCUT2D eigenvalue weighted by atomic mass is 10.0. The van der Waals surface area contributed by atoms with E-state index < -0.39 is 0 Å². The van der Waals surface area contributed by atoms with Gasteiger partial charge in [-0.05, 0) is 37.0 Å². The monoisotopic (exact) mass is 174 g/mol. The van der Waals surface area contributed by atoms with Gasteiger partial charge in [-0.3, -0.25) is 4.98 Å². The minimum Gasteiger partial charge on any atom is -0.321 e.